The second-order valence-electron chi connectivity index (χ2n) is 5.70. The first-order valence-corrected chi connectivity index (χ1v) is 8.58. The average Bonchev–Trinajstić information content (AvgIpc) is 3.26. The van der Waals surface area contributed by atoms with E-state index in [0.29, 0.717) is 12.3 Å². The summed E-state index contributed by atoms with van der Waals surface area (Å²) in [7, 11) is 0. The number of H-pyrrole nitrogens is 1. The molecular formula is C19H14N4OS. The minimum absolute atomic E-state index is 0.275. The van der Waals surface area contributed by atoms with Gasteiger partial charge in [-0.25, -0.2) is 0 Å². The first kappa shape index (κ1) is 15.4. The lowest BCUT2D eigenvalue weighted by Gasteiger charge is -2.06. The Bertz CT molecular complexity index is 1090. The summed E-state index contributed by atoms with van der Waals surface area (Å²) in [5.41, 5.74) is 2.86. The Labute approximate surface area is 148 Å². The van der Waals surface area contributed by atoms with Gasteiger partial charge in [0, 0.05) is 15.1 Å². The van der Waals surface area contributed by atoms with Crippen LogP contribution in [0.2, 0.25) is 0 Å². The molecule has 0 aliphatic carbocycles. The van der Waals surface area contributed by atoms with Gasteiger partial charge in [0.05, 0.1) is 0 Å². The maximum absolute atomic E-state index is 9.08. The smallest absolute Gasteiger partial charge is 0.190 e. The lowest BCUT2D eigenvalue weighted by molar-refractivity contribution is 0.310. The second kappa shape index (κ2) is 6.38. The zero-order chi connectivity index (χ0) is 17.2. The van der Waals surface area contributed by atoms with Gasteiger partial charge in [0.1, 0.15) is 24.1 Å². The molecule has 122 valence electrons. The number of nitrogens with one attached hydrogen (secondary N) is 1. The van der Waals surface area contributed by atoms with Crippen LogP contribution in [-0.2, 0) is 6.61 Å². The van der Waals surface area contributed by atoms with Gasteiger partial charge in [-0.15, -0.1) is 16.4 Å². The Kier molecular flexibility index (Phi) is 3.92. The fraction of sp³-hybridized carbons (Fsp3) is 0.105. The standard InChI is InChI=1S/C19H14N4OS/c1-12-5-6-18-14(7-12)9-16(25-18)11-24-15-4-2-3-13(8-15)19-17(10-20)21-23-22-19/h2-9H,11H2,1H3,(H,21,22,23). The van der Waals surface area contributed by atoms with E-state index >= 15 is 0 Å². The van der Waals surface area contributed by atoms with Crippen molar-refractivity contribution in [2.24, 2.45) is 0 Å². The molecule has 0 amide bonds. The van der Waals surface area contributed by atoms with Crippen molar-refractivity contribution in [3.8, 4) is 23.1 Å². The molecule has 0 aliphatic heterocycles. The molecule has 25 heavy (non-hydrogen) atoms. The highest BCUT2D eigenvalue weighted by Gasteiger charge is 2.10. The number of aryl methyl sites for hydroxylation is 1. The predicted octanol–water partition coefficient (Wildman–Crippen LogP) is 4.45. The summed E-state index contributed by atoms with van der Waals surface area (Å²) in [6.07, 6.45) is 0. The molecule has 0 saturated heterocycles. The zero-order valence-corrected chi connectivity index (χ0v) is 14.3. The van der Waals surface area contributed by atoms with Crippen LogP contribution in [0.4, 0.5) is 0 Å². The van der Waals surface area contributed by atoms with Gasteiger partial charge in [0.15, 0.2) is 5.69 Å². The molecule has 5 nitrogen and oxygen atoms in total. The Morgan fingerprint density at radius 2 is 2.08 bits per heavy atom. The number of fused-ring (bicyclic) bond motifs is 1. The van der Waals surface area contributed by atoms with Gasteiger partial charge < -0.3 is 4.74 Å². The van der Waals surface area contributed by atoms with E-state index < -0.39 is 0 Å². The third kappa shape index (κ3) is 3.10. The number of benzene rings is 2. The van der Waals surface area contributed by atoms with Crippen LogP contribution in [0.25, 0.3) is 21.3 Å². The molecule has 2 aromatic heterocycles. The summed E-state index contributed by atoms with van der Waals surface area (Å²) in [5, 5.41) is 20.7. The van der Waals surface area contributed by atoms with E-state index in [-0.39, 0.29) is 5.69 Å². The van der Waals surface area contributed by atoms with Crippen molar-refractivity contribution in [2.75, 3.05) is 0 Å². The molecule has 0 saturated carbocycles. The lowest BCUT2D eigenvalue weighted by atomic mass is 10.1. The van der Waals surface area contributed by atoms with Crippen LogP contribution in [0.3, 0.4) is 0 Å². The van der Waals surface area contributed by atoms with Crippen LogP contribution in [-0.4, -0.2) is 15.4 Å². The Hall–Kier alpha value is -3.17. The van der Waals surface area contributed by atoms with Crippen LogP contribution in [0.15, 0.2) is 48.5 Å². The van der Waals surface area contributed by atoms with Crippen molar-refractivity contribution in [1.29, 1.82) is 5.26 Å². The SMILES string of the molecule is Cc1ccc2sc(COc3cccc(-c4n[nH]nc4C#N)c3)cc2c1. The van der Waals surface area contributed by atoms with Gasteiger partial charge in [0.25, 0.3) is 0 Å². The Balaban J connectivity index is 1.55. The first-order valence-electron chi connectivity index (χ1n) is 7.76. The largest absolute Gasteiger partial charge is 0.488 e. The fourth-order valence-electron chi connectivity index (χ4n) is 2.69. The number of hydrogen-bond acceptors (Lipinski definition) is 5. The molecule has 0 atom stereocenters. The normalized spacial score (nSPS) is 10.7. The minimum atomic E-state index is 0.275. The topological polar surface area (TPSA) is 74.6 Å². The Morgan fingerprint density at radius 1 is 1.16 bits per heavy atom. The zero-order valence-electron chi connectivity index (χ0n) is 13.5. The van der Waals surface area contributed by atoms with Crippen LogP contribution in [0, 0.1) is 18.3 Å². The summed E-state index contributed by atoms with van der Waals surface area (Å²) in [6, 6.07) is 18.2. The summed E-state index contributed by atoms with van der Waals surface area (Å²) in [6.45, 7) is 2.60. The van der Waals surface area contributed by atoms with Crippen molar-refractivity contribution < 1.29 is 4.74 Å². The third-order valence-electron chi connectivity index (χ3n) is 3.87. The highest BCUT2D eigenvalue weighted by atomic mass is 32.1. The molecule has 0 radical (unpaired) electrons. The number of aromatic nitrogens is 3. The van der Waals surface area contributed by atoms with Gasteiger partial charge in [-0.1, -0.05) is 29.8 Å². The summed E-state index contributed by atoms with van der Waals surface area (Å²) < 4.78 is 7.20. The van der Waals surface area contributed by atoms with Crippen LogP contribution in [0.5, 0.6) is 5.75 Å². The average molecular weight is 346 g/mol. The maximum atomic E-state index is 9.08. The van der Waals surface area contributed by atoms with E-state index in [2.05, 4.69) is 46.6 Å². The van der Waals surface area contributed by atoms with E-state index in [9.17, 15) is 0 Å². The van der Waals surface area contributed by atoms with Gasteiger partial charge in [-0.3, -0.25) is 0 Å². The van der Waals surface area contributed by atoms with Crippen molar-refractivity contribution in [3.63, 3.8) is 0 Å². The molecule has 0 unspecified atom stereocenters. The van der Waals surface area contributed by atoms with Crippen molar-refractivity contribution in [2.45, 2.75) is 13.5 Å². The molecule has 6 heteroatoms. The number of nitrogens with zero attached hydrogens (tertiary/aromatic N) is 3. The van der Waals surface area contributed by atoms with E-state index in [1.54, 1.807) is 11.3 Å². The molecule has 1 N–H and O–H groups in total. The van der Waals surface area contributed by atoms with E-state index in [1.807, 2.05) is 30.3 Å². The molecule has 4 aromatic rings. The summed E-state index contributed by atoms with van der Waals surface area (Å²) >= 11 is 1.74. The number of rotatable bonds is 4. The number of hydrogen-bond donors (Lipinski definition) is 1. The quantitative estimate of drug-likeness (QED) is 0.592. The van der Waals surface area contributed by atoms with Gasteiger partial charge in [0.2, 0.25) is 0 Å². The summed E-state index contributed by atoms with van der Waals surface area (Å²) in [4.78, 5) is 1.17. The highest BCUT2D eigenvalue weighted by Crippen LogP contribution is 2.28. The molecule has 0 spiro atoms. The van der Waals surface area contributed by atoms with Crippen molar-refractivity contribution in [3.05, 3.63) is 64.7 Å². The molecule has 0 fully saturated rings. The van der Waals surface area contributed by atoms with E-state index in [1.165, 1.54) is 20.5 Å². The highest BCUT2D eigenvalue weighted by molar-refractivity contribution is 7.19. The Morgan fingerprint density at radius 3 is 2.96 bits per heavy atom. The van der Waals surface area contributed by atoms with Crippen molar-refractivity contribution in [1.82, 2.24) is 15.4 Å². The monoisotopic (exact) mass is 346 g/mol. The molecular weight excluding hydrogens is 332 g/mol. The van der Waals surface area contributed by atoms with Gasteiger partial charge >= 0.3 is 0 Å². The number of ether oxygens (including phenoxy) is 1. The maximum Gasteiger partial charge on any atom is 0.190 e. The first-order chi connectivity index (χ1) is 12.2. The number of aromatic amines is 1. The minimum Gasteiger partial charge on any atom is -0.488 e. The van der Waals surface area contributed by atoms with Gasteiger partial charge in [-0.05, 0) is 36.6 Å². The molecule has 2 aromatic carbocycles. The summed E-state index contributed by atoms with van der Waals surface area (Å²) in [5.74, 6) is 0.734. The third-order valence-corrected chi connectivity index (χ3v) is 4.95. The van der Waals surface area contributed by atoms with Crippen molar-refractivity contribution >= 4 is 21.4 Å². The van der Waals surface area contributed by atoms with Crippen LogP contribution in [0.1, 0.15) is 16.1 Å². The molecule has 2 heterocycles. The van der Waals surface area contributed by atoms with Crippen LogP contribution < -0.4 is 4.74 Å². The van der Waals surface area contributed by atoms with Crippen LogP contribution >= 0.6 is 11.3 Å². The van der Waals surface area contributed by atoms with E-state index in [4.69, 9.17) is 10.00 Å². The number of thiophene rings is 1. The number of nitriles is 1. The van der Waals surface area contributed by atoms with E-state index in [0.717, 1.165) is 11.3 Å². The van der Waals surface area contributed by atoms with Gasteiger partial charge in [-0.2, -0.15) is 15.6 Å². The predicted molar refractivity (Wildman–Crippen MR) is 97.4 cm³/mol. The molecule has 4 rings (SSSR count). The second-order valence-corrected chi connectivity index (χ2v) is 6.87. The fourth-order valence-corrected chi connectivity index (χ4v) is 3.64. The molecule has 0 aliphatic rings. The lowest BCUT2D eigenvalue weighted by Crippen LogP contribution is -1.93. The molecule has 0 bridgehead atoms.